The van der Waals surface area contributed by atoms with Gasteiger partial charge >= 0.3 is 0 Å². The fraction of sp³-hybridized carbons (Fsp3) is 0.476. The van der Waals surface area contributed by atoms with E-state index >= 15 is 0 Å². The van der Waals surface area contributed by atoms with E-state index in [1.54, 1.807) is 22.3 Å². The van der Waals surface area contributed by atoms with Crippen molar-refractivity contribution in [3.05, 3.63) is 34.8 Å². The third kappa shape index (κ3) is 4.19. The summed E-state index contributed by atoms with van der Waals surface area (Å²) >= 11 is 1.58. The van der Waals surface area contributed by atoms with E-state index in [0.29, 0.717) is 17.3 Å². The Balaban J connectivity index is 1.33. The summed E-state index contributed by atoms with van der Waals surface area (Å²) in [6.07, 6.45) is 5.90. The summed E-state index contributed by atoms with van der Waals surface area (Å²) in [4.78, 5) is 31.8. The predicted octanol–water partition coefficient (Wildman–Crippen LogP) is 3.80. The fourth-order valence-electron chi connectivity index (χ4n) is 3.81. The van der Waals surface area contributed by atoms with E-state index in [1.165, 1.54) is 17.7 Å². The zero-order chi connectivity index (χ0) is 19.5. The number of aryl methyl sites for hydroxylation is 1. The van der Waals surface area contributed by atoms with Crippen molar-refractivity contribution in [2.45, 2.75) is 45.4 Å². The highest BCUT2D eigenvalue weighted by Crippen LogP contribution is 2.33. The van der Waals surface area contributed by atoms with Crippen LogP contribution in [0.2, 0.25) is 0 Å². The SMILES string of the molecule is CCC1CCc2nc(NC(=O)COc3cccc(N4CCCC4=O)c3)sc2C1. The average Bonchev–Trinajstić information content (AvgIpc) is 3.31. The molecule has 0 radical (unpaired) electrons. The minimum absolute atomic E-state index is 0.0841. The number of hydrogen-bond acceptors (Lipinski definition) is 5. The molecule has 2 aliphatic rings. The number of nitrogens with zero attached hydrogens (tertiary/aromatic N) is 2. The van der Waals surface area contributed by atoms with Crippen LogP contribution in [0.1, 0.15) is 43.2 Å². The first-order valence-corrected chi connectivity index (χ1v) is 10.8. The van der Waals surface area contributed by atoms with E-state index in [4.69, 9.17) is 4.74 Å². The molecule has 0 spiro atoms. The number of ether oxygens (including phenoxy) is 1. The summed E-state index contributed by atoms with van der Waals surface area (Å²) in [6, 6.07) is 7.33. The summed E-state index contributed by atoms with van der Waals surface area (Å²) < 4.78 is 5.64. The molecule has 148 valence electrons. The quantitative estimate of drug-likeness (QED) is 0.802. The van der Waals surface area contributed by atoms with Crippen molar-refractivity contribution >= 4 is 34.0 Å². The van der Waals surface area contributed by atoms with Crippen molar-refractivity contribution in [3.8, 4) is 5.75 Å². The normalized spacial score (nSPS) is 18.8. The van der Waals surface area contributed by atoms with E-state index in [0.717, 1.165) is 43.1 Å². The van der Waals surface area contributed by atoms with Crippen LogP contribution < -0.4 is 15.0 Å². The lowest BCUT2D eigenvalue weighted by Crippen LogP contribution is -2.24. The Labute approximate surface area is 168 Å². The molecule has 1 aromatic heterocycles. The van der Waals surface area contributed by atoms with Gasteiger partial charge in [0.15, 0.2) is 11.7 Å². The molecular weight excluding hydrogens is 374 g/mol. The van der Waals surface area contributed by atoms with Crippen LogP contribution in [-0.4, -0.2) is 29.9 Å². The first-order chi connectivity index (χ1) is 13.6. The molecule has 1 unspecified atom stereocenters. The fourth-order valence-corrected chi connectivity index (χ4v) is 4.95. The van der Waals surface area contributed by atoms with Crippen molar-refractivity contribution in [2.75, 3.05) is 23.4 Å². The van der Waals surface area contributed by atoms with E-state index in [9.17, 15) is 9.59 Å². The zero-order valence-corrected chi connectivity index (χ0v) is 16.9. The topological polar surface area (TPSA) is 71.5 Å². The molecule has 1 fully saturated rings. The van der Waals surface area contributed by atoms with Crippen LogP contribution in [-0.2, 0) is 22.4 Å². The number of thiazole rings is 1. The van der Waals surface area contributed by atoms with Gasteiger partial charge in [-0.3, -0.25) is 14.9 Å². The van der Waals surface area contributed by atoms with E-state index in [2.05, 4.69) is 17.2 Å². The Morgan fingerprint density at radius 1 is 1.39 bits per heavy atom. The molecule has 4 rings (SSSR count). The molecule has 1 saturated heterocycles. The predicted molar refractivity (Wildman–Crippen MR) is 110 cm³/mol. The van der Waals surface area contributed by atoms with Gasteiger partial charge in [0.25, 0.3) is 5.91 Å². The van der Waals surface area contributed by atoms with Crippen LogP contribution in [0.5, 0.6) is 5.75 Å². The number of rotatable bonds is 6. The van der Waals surface area contributed by atoms with Gasteiger partial charge in [0.2, 0.25) is 5.91 Å². The molecule has 1 aromatic carbocycles. The summed E-state index contributed by atoms with van der Waals surface area (Å²) in [5, 5.41) is 3.52. The number of nitrogens with one attached hydrogen (secondary N) is 1. The van der Waals surface area contributed by atoms with Gasteiger partial charge in [-0.15, -0.1) is 11.3 Å². The van der Waals surface area contributed by atoms with E-state index < -0.39 is 0 Å². The minimum Gasteiger partial charge on any atom is -0.484 e. The van der Waals surface area contributed by atoms with Gasteiger partial charge in [-0.25, -0.2) is 4.98 Å². The van der Waals surface area contributed by atoms with E-state index in [-0.39, 0.29) is 18.4 Å². The Kier molecular flexibility index (Phi) is 5.62. The molecule has 1 atom stereocenters. The molecule has 0 bridgehead atoms. The summed E-state index contributed by atoms with van der Waals surface area (Å²) in [6.45, 7) is 2.88. The molecular formula is C21H25N3O3S. The smallest absolute Gasteiger partial charge is 0.264 e. The van der Waals surface area contributed by atoms with Gasteiger partial charge < -0.3 is 9.64 Å². The highest BCUT2D eigenvalue weighted by molar-refractivity contribution is 7.15. The van der Waals surface area contributed by atoms with Crippen molar-refractivity contribution in [3.63, 3.8) is 0 Å². The van der Waals surface area contributed by atoms with Crippen LogP contribution in [0.4, 0.5) is 10.8 Å². The van der Waals surface area contributed by atoms with Crippen molar-refractivity contribution in [1.82, 2.24) is 4.98 Å². The van der Waals surface area contributed by atoms with Crippen LogP contribution in [0.25, 0.3) is 0 Å². The second-order valence-corrected chi connectivity index (χ2v) is 8.47. The number of hydrogen-bond donors (Lipinski definition) is 1. The number of fused-ring (bicyclic) bond motifs is 1. The van der Waals surface area contributed by atoms with Gasteiger partial charge in [-0.2, -0.15) is 0 Å². The molecule has 7 heteroatoms. The van der Waals surface area contributed by atoms with Crippen LogP contribution in [0, 0.1) is 5.92 Å². The first kappa shape index (κ1) is 18.9. The maximum Gasteiger partial charge on any atom is 0.264 e. The molecule has 1 aliphatic heterocycles. The third-order valence-electron chi connectivity index (χ3n) is 5.44. The van der Waals surface area contributed by atoms with Crippen molar-refractivity contribution in [2.24, 2.45) is 5.92 Å². The monoisotopic (exact) mass is 399 g/mol. The summed E-state index contributed by atoms with van der Waals surface area (Å²) in [5.41, 5.74) is 1.95. The molecule has 1 N–H and O–H groups in total. The Morgan fingerprint density at radius 3 is 3.07 bits per heavy atom. The largest absolute Gasteiger partial charge is 0.484 e. The molecule has 2 heterocycles. The number of carbonyl (C=O) groups excluding carboxylic acids is 2. The highest BCUT2D eigenvalue weighted by atomic mass is 32.1. The molecule has 1 aliphatic carbocycles. The molecule has 6 nitrogen and oxygen atoms in total. The summed E-state index contributed by atoms with van der Waals surface area (Å²) in [5.74, 6) is 1.22. The minimum atomic E-state index is -0.221. The molecule has 0 saturated carbocycles. The summed E-state index contributed by atoms with van der Waals surface area (Å²) in [7, 11) is 0. The van der Waals surface area contributed by atoms with Gasteiger partial charge in [0, 0.05) is 29.6 Å². The number of carbonyl (C=O) groups is 2. The van der Waals surface area contributed by atoms with Gasteiger partial charge in [0.1, 0.15) is 5.75 Å². The first-order valence-electron chi connectivity index (χ1n) is 9.94. The van der Waals surface area contributed by atoms with Crippen molar-refractivity contribution in [1.29, 1.82) is 0 Å². The number of aromatic nitrogens is 1. The Hall–Kier alpha value is -2.41. The number of benzene rings is 1. The van der Waals surface area contributed by atoms with Crippen LogP contribution >= 0.6 is 11.3 Å². The molecule has 28 heavy (non-hydrogen) atoms. The van der Waals surface area contributed by atoms with Gasteiger partial charge in [-0.1, -0.05) is 19.4 Å². The molecule has 2 amide bonds. The van der Waals surface area contributed by atoms with Crippen LogP contribution in [0.15, 0.2) is 24.3 Å². The second kappa shape index (κ2) is 8.31. The maximum atomic E-state index is 12.3. The van der Waals surface area contributed by atoms with Gasteiger partial charge in [-0.05, 0) is 43.7 Å². The molecule has 2 aromatic rings. The van der Waals surface area contributed by atoms with Gasteiger partial charge in [0.05, 0.1) is 5.69 Å². The maximum absolute atomic E-state index is 12.3. The lowest BCUT2D eigenvalue weighted by atomic mass is 9.89. The standard InChI is InChI=1S/C21H25N3O3S/c1-2-14-8-9-17-18(11-14)28-21(22-17)23-19(25)13-27-16-6-3-5-15(12-16)24-10-4-7-20(24)26/h3,5-6,12,14H,2,4,7-11,13H2,1H3,(H,22,23,25). The van der Waals surface area contributed by atoms with E-state index in [1.807, 2.05) is 18.2 Å². The highest BCUT2D eigenvalue weighted by Gasteiger charge is 2.23. The lowest BCUT2D eigenvalue weighted by molar-refractivity contribution is -0.118. The third-order valence-corrected chi connectivity index (χ3v) is 6.47. The average molecular weight is 400 g/mol. The second-order valence-electron chi connectivity index (χ2n) is 7.39. The van der Waals surface area contributed by atoms with Crippen molar-refractivity contribution < 1.29 is 14.3 Å². The van der Waals surface area contributed by atoms with Crippen LogP contribution in [0.3, 0.4) is 0 Å². The Morgan fingerprint density at radius 2 is 2.29 bits per heavy atom. The number of amides is 2. The lowest BCUT2D eigenvalue weighted by Gasteiger charge is -2.18. The zero-order valence-electron chi connectivity index (χ0n) is 16.1. The number of anilines is 2. The Bertz CT molecular complexity index is 880.